The Bertz CT molecular complexity index is 1280. The van der Waals surface area contributed by atoms with Gasteiger partial charge in [0.05, 0.1) is 15.7 Å². The predicted molar refractivity (Wildman–Crippen MR) is 143 cm³/mol. The van der Waals surface area contributed by atoms with E-state index in [-0.39, 0.29) is 15.7 Å². The quantitative estimate of drug-likeness (QED) is 0.413. The van der Waals surface area contributed by atoms with E-state index in [1.54, 1.807) is 23.9 Å². The number of benzene rings is 2. The molecule has 0 radical (unpaired) electrons. The molecular weight excluding hydrogens is 500 g/mol. The first-order valence-electron chi connectivity index (χ1n) is 12.2. The van der Waals surface area contributed by atoms with Crippen molar-refractivity contribution in [3.8, 4) is 0 Å². The molecule has 0 aromatic heterocycles. The lowest BCUT2D eigenvalue weighted by molar-refractivity contribution is 0.102. The molecule has 184 valence electrons. The van der Waals surface area contributed by atoms with Crippen LogP contribution in [0.3, 0.4) is 0 Å². The topological polar surface area (TPSA) is 57.7 Å². The Hall–Kier alpha value is -2.06. The second-order valence-electron chi connectivity index (χ2n) is 9.17. The van der Waals surface area contributed by atoms with Crippen molar-refractivity contribution in [2.24, 2.45) is 0 Å². The maximum Gasteiger partial charge on any atom is 0.244 e. The Kier molecular flexibility index (Phi) is 7.39. The number of allylic oxidation sites excluding steroid dienone is 1. The summed E-state index contributed by atoms with van der Waals surface area (Å²) >= 11 is 7.97. The molecule has 5 rings (SSSR count). The van der Waals surface area contributed by atoms with E-state index in [4.69, 9.17) is 11.6 Å². The minimum atomic E-state index is -3.77. The zero-order valence-electron chi connectivity index (χ0n) is 19.6. The number of carbonyl (C=O) groups excluding carboxylic acids is 1. The summed E-state index contributed by atoms with van der Waals surface area (Å²) < 4.78 is 28.4. The van der Waals surface area contributed by atoms with Gasteiger partial charge < -0.3 is 4.90 Å². The van der Waals surface area contributed by atoms with E-state index >= 15 is 0 Å². The van der Waals surface area contributed by atoms with Gasteiger partial charge in [-0.05, 0) is 55.9 Å². The van der Waals surface area contributed by atoms with Crippen molar-refractivity contribution >= 4 is 44.9 Å². The molecular formula is C27H29ClN2O3S2. The van der Waals surface area contributed by atoms with Crippen LogP contribution in [-0.4, -0.2) is 43.0 Å². The zero-order valence-corrected chi connectivity index (χ0v) is 22.0. The number of ketones is 1. The normalized spacial score (nSPS) is 19.7. The number of halogens is 1. The van der Waals surface area contributed by atoms with Crippen LogP contribution in [0.1, 0.15) is 60.9 Å². The van der Waals surface area contributed by atoms with Gasteiger partial charge >= 0.3 is 0 Å². The van der Waals surface area contributed by atoms with Gasteiger partial charge in [0.15, 0.2) is 5.78 Å². The Morgan fingerprint density at radius 3 is 2.34 bits per heavy atom. The van der Waals surface area contributed by atoms with Crippen LogP contribution in [0.2, 0.25) is 5.02 Å². The maximum atomic E-state index is 13.8. The van der Waals surface area contributed by atoms with Crippen LogP contribution in [0.15, 0.2) is 69.4 Å². The van der Waals surface area contributed by atoms with Crippen molar-refractivity contribution < 1.29 is 13.2 Å². The Balaban J connectivity index is 1.48. The number of hydrogen-bond donors (Lipinski definition) is 0. The van der Waals surface area contributed by atoms with Crippen molar-refractivity contribution in [3.63, 3.8) is 0 Å². The first-order chi connectivity index (χ1) is 17.0. The summed E-state index contributed by atoms with van der Waals surface area (Å²) in [4.78, 5) is 16.1. The summed E-state index contributed by atoms with van der Waals surface area (Å²) in [6.07, 6.45) is 6.32. The van der Waals surface area contributed by atoms with Crippen LogP contribution in [0.25, 0.3) is 5.70 Å². The highest BCUT2D eigenvalue weighted by atomic mass is 35.5. The van der Waals surface area contributed by atoms with E-state index in [2.05, 4.69) is 22.4 Å². The fourth-order valence-corrected chi connectivity index (χ4v) is 8.12. The molecule has 0 N–H and O–H groups in total. The monoisotopic (exact) mass is 528 g/mol. The molecule has 0 saturated carbocycles. The third-order valence-electron chi connectivity index (χ3n) is 6.85. The van der Waals surface area contributed by atoms with Crippen molar-refractivity contribution in [1.29, 1.82) is 0 Å². The van der Waals surface area contributed by atoms with E-state index in [0.717, 1.165) is 66.9 Å². The minimum Gasteiger partial charge on any atom is -0.335 e. The number of hydrogen-bond acceptors (Lipinski definition) is 5. The number of sulfonamides is 1. The summed E-state index contributed by atoms with van der Waals surface area (Å²) in [6.45, 7) is 1.84. The molecule has 3 heterocycles. The van der Waals surface area contributed by atoms with E-state index in [0.29, 0.717) is 25.1 Å². The molecule has 8 heteroatoms. The predicted octanol–water partition coefficient (Wildman–Crippen LogP) is 6.53. The van der Waals surface area contributed by atoms with Crippen LogP contribution in [0, 0.1) is 0 Å². The molecule has 35 heavy (non-hydrogen) atoms. The summed E-state index contributed by atoms with van der Waals surface area (Å²) in [7, 11) is -3.77. The third kappa shape index (κ3) is 4.96. The number of Topliss-reactive ketones (excluding diaryl/α,β-unsaturated/α-hetero) is 1. The molecule has 3 aliphatic heterocycles. The lowest BCUT2D eigenvalue weighted by atomic mass is 10.00. The average molecular weight is 529 g/mol. The highest BCUT2D eigenvalue weighted by Gasteiger charge is 2.32. The van der Waals surface area contributed by atoms with Crippen molar-refractivity contribution in [3.05, 3.63) is 80.7 Å². The van der Waals surface area contributed by atoms with Crippen molar-refractivity contribution in [1.82, 2.24) is 9.21 Å². The van der Waals surface area contributed by atoms with E-state index in [9.17, 15) is 13.2 Å². The SMILES string of the molecule is O=C(C1=C2SC=C(c3ccccc3)N2CCCC1)c1ccc(Cl)c(S(=O)(=O)N2CCCCCC2)c1. The molecule has 2 aromatic carbocycles. The maximum absolute atomic E-state index is 13.8. The first-order valence-corrected chi connectivity index (χ1v) is 14.9. The molecule has 0 aliphatic carbocycles. The van der Waals surface area contributed by atoms with Gasteiger partial charge in [-0.1, -0.05) is 66.5 Å². The van der Waals surface area contributed by atoms with Crippen LogP contribution in [-0.2, 0) is 10.0 Å². The molecule has 0 amide bonds. The Labute approximate surface area is 216 Å². The number of thioether (sulfide) groups is 1. The second-order valence-corrected chi connectivity index (χ2v) is 12.3. The number of carbonyl (C=O) groups is 1. The summed E-state index contributed by atoms with van der Waals surface area (Å²) in [6, 6.07) is 14.9. The van der Waals surface area contributed by atoms with Crippen LogP contribution in [0.5, 0.6) is 0 Å². The van der Waals surface area contributed by atoms with Crippen LogP contribution >= 0.6 is 23.4 Å². The second kappa shape index (κ2) is 10.5. The molecule has 1 fully saturated rings. The number of nitrogens with zero attached hydrogens (tertiary/aromatic N) is 2. The molecule has 2 aromatic rings. The van der Waals surface area contributed by atoms with Crippen molar-refractivity contribution in [2.45, 2.75) is 49.8 Å². The lowest BCUT2D eigenvalue weighted by Crippen LogP contribution is -2.32. The molecule has 3 aliphatic rings. The molecule has 0 atom stereocenters. The third-order valence-corrected chi connectivity index (χ3v) is 10.3. The van der Waals surface area contributed by atoms with E-state index in [1.807, 2.05) is 18.2 Å². The molecule has 5 nitrogen and oxygen atoms in total. The van der Waals surface area contributed by atoms with Crippen LogP contribution < -0.4 is 0 Å². The van der Waals surface area contributed by atoms with Crippen LogP contribution in [0.4, 0.5) is 0 Å². The van der Waals surface area contributed by atoms with Gasteiger partial charge in [-0.3, -0.25) is 4.79 Å². The number of rotatable bonds is 5. The lowest BCUT2D eigenvalue weighted by Gasteiger charge is -2.23. The highest BCUT2D eigenvalue weighted by molar-refractivity contribution is 8.06. The molecule has 0 bridgehead atoms. The largest absolute Gasteiger partial charge is 0.335 e. The van der Waals surface area contributed by atoms with E-state index in [1.165, 1.54) is 10.4 Å². The van der Waals surface area contributed by atoms with Gasteiger partial charge in [0, 0.05) is 36.2 Å². The summed E-state index contributed by atoms with van der Waals surface area (Å²) in [5, 5.41) is 3.23. The Morgan fingerprint density at radius 2 is 1.60 bits per heavy atom. The minimum absolute atomic E-state index is 0.0326. The molecule has 0 unspecified atom stereocenters. The summed E-state index contributed by atoms with van der Waals surface area (Å²) in [5.41, 5.74) is 3.36. The van der Waals surface area contributed by atoms with Gasteiger partial charge in [-0.15, -0.1) is 0 Å². The van der Waals surface area contributed by atoms with Gasteiger partial charge in [0.2, 0.25) is 10.0 Å². The Morgan fingerprint density at radius 1 is 0.886 bits per heavy atom. The highest BCUT2D eigenvalue weighted by Crippen LogP contribution is 2.44. The fourth-order valence-electron chi connectivity index (χ4n) is 4.96. The zero-order chi connectivity index (χ0) is 24.4. The smallest absolute Gasteiger partial charge is 0.244 e. The van der Waals surface area contributed by atoms with Gasteiger partial charge in [-0.2, -0.15) is 4.31 Å². The average Bonchev–Trinajstić information content (AvgIpc) is 3.03. The molecule has 1 saturated heterocycles. The summed E-state index contributed by atoms with van der Waals surface area (Å²) in [5.74, 6) is -0.119. The van der Waals surface area contributed by atoms with Gasteiger partial charge in [0.25, 0.3) is 0 Å². The fraction of sp³-hybridized carbons (Fsp3) is 0.370. The molecule has 0 spiro atoms. The van der Waals surface area contributed by atoms with Crippen molar-refractivity contribution in [2.75, 3.05) is 19.6 Å². The van der Waals surface area contributed by atoms with E-state index < -0.39 is 10.0 Å². The standard InChI is InChI=1S/C27H29ClN2O3S2/c28-23-14-13-21(18-25(23)35(32,33)29-15-7-1-2-8-16-29)26(31)22-12-6-9-17-30-24(19-34-27(22)30)20-10-4-3-5-11-20/h3-5,10-11,13-14,18-19H,1-2,6-9,12,15-17H2. The van der Waals surface area contributed by atoms with Gasteiger partial charge in [-0.25, -0.2) is 8.42 Å². The van der Waals surface area contributed by atoms with Gasteiger partial charge in [0.1, 0.15) is 4.90 Å². The number of fused-ring (bicyclic) bond motifs is 1. The first kappa shape index (κ1) is 24.6.